The summed E-state index contributed by atoms with van der Waals surface area (Å²) in [6.45, 7) is -0.222. The van der Waals surface area contributed by atoms with Crippen molar-refractivity contribution in [3.05, 3.63) is 71.0 Å². The Morgan fingerprint density at radius 1 is 1.11 bits per heavy atom. The minimum Gasteiger partial charge on any atom is -0.497 e. The number of para-hydroxylation sites is 2. The van der Waals surface area contributed by atoms with Crippen molar-refractivity contribution in [1.82, 2.24) is 19.7 Å². The summed E-state index contributed by atoms with van der Waals surface area (Å²) in [5.74, 6) is 0.647. The molecule has 2 heterocycles. The van der Waals surface area contributed by atoms with Crippen LogP contribution in [0.1, 0.15) is 0 Å². The smallest absolute Gasteiger partial charge is 0.267 e. The van der Waals surface area contributed by atoms with Gasteiger partial charge in [-0.05, 0) is 42.5 Å². The number of nitrogens with one attached hydrogen (secondary N) is 2. The number of fused-ring (bicyclic) bond motifs is 1. The van der Waals surface area contributed by atoms with Crippen LogP contribution in [-0.4, -0.2) is 32.8 Å². The Bertz CT molecular complexity index is 1160. The van der Waals surface area contributed by atoms with Crippen molar-refractivity contribution in [2.45, 2.75) is 6.54 Å². The van der Waals surface area contributed by atoms with Gasteiger partial charge in [0.25, 0.3) is 5.56 Å². The van der Waals surface area contributed by atoms with Gasteiger partial charge >= 0.3 is 0 Å². The summed E-state index contributed by atoms with van der Waals surface area (Å²) < 4.78 is 6.26. The normalized spacial score (nSPS) is 10.8. The van der Waals surface area contributed by atoms with Gasteiger partial charge in [-0.25, -0.2) is 9.67 Å². The summed E-state index contributed by atoms with van der Waals surface area (Å²) in [5, 5.41) is 6.95. The Hall–Kier alpha value is -3.94. The maximum Gasteiger partial charge on any atom is 0.267 e. The second-order valence-corrected chi connectivity index (χ2v) is 6.09. The molecule has 0 aliphatic carbocycles. The van der Waals surface area contributed by atoms with Gasteiger partial charge in [-0.1, -0.05) is 12.1 Å². The van der Waals surface area contributed by atoms with E-state index in [0.717, 1.165) is 27.0 Å². The maximum absolute atomic E-state index is 12.4. The molecule has 0 spiro atoms. The van der Waals surface area contributed by atoms with E-state index in [1.165, 1.54) is 6.07 Å². The van der Waals surface area contributed by atoms with Gasteiger partial charge < -0.3 is 9.72 Å². The number of imidazole rings is 1. The van der Waals surface area contributed by atoms with Gasteiger partial charge in [-0.15, -0.1) is 0 Å². The molecule has 0 radical (unpaired) electrons. The van der Waals surface area contributed by atoms with Crippen molar-refractivity contribution in [3.8, 4) is 17.0 Å². The van der Waals surface area contributed by atoms with Crippen molar-refractivity contribution >= 4 is 22.9 Å². The maximum atomic E-state index is 12.4. The molecule has 0 unspecified atom stereocenters. The van der Waals surface area contributed by atoms with E-state index >= 15 is 0 Å². The van der Waals surface area contributed by atoms with Gasteiger partial charge in [-0.3, -0.25) is 14.9 Å². The number of hydrogen-bond acceptors (Lipinski definition) is 5. The van der Waals surface area contributed by atoms with Crippen LogP contribution in [0, 0.1) is 0 Å². The third-order valence-corrected chi connectivity index (χ3v) is 4.19. The highest BCUT2D eigenvalue weighted by molar-refractivity contribution is 5.90. The average Bonchev–Trinajstić information content (AvgIpc) is 3.12. The lowest BCUT2D eigenvalue weighted by Gasteiger charge is -2.07. The SMILES string of the molecule is COc1ccc(-c2ccc(=O)n(CC(=O)Nc3nc4ccccc4[nH]3)n2)cc1. The number of carbonyl (C=O) groups is 1. The number of hydrogen-bond donors (Lipinski definition) is 2. The summed E-state index contributed by atoms with van der Waals surface area (Å²) >= 11 is 0. The number of aromatic amines is 1. The molecular formula is C20H17N5O3. The van der Waals surface area contributed by atoms with E-state index in [1.54, 1.807) is 25.3 Å². The molecule has 140 valence electrons. The predicted octanol–water partition coefficient (Wildman–Crippen LogP) is 2.43. The predicted molar refractivity (Wildman–Crippen MR) is 105 cm³/mol. The molecule has 0 aliphatic heterocycles. The van der Waals surface area contributed by atoms with Crippen LogP contribution < -0.4 is 15.6 Å². The van der Waals surface area contributed by atoms with Gasteiger partial charge in [0, 0.05) is 11.6 Å². The molecule has 8 nitrogen and oxygen atoms in total. The Morgan fingerprint density at radius 3 is 2.64 bits per heavy atom. The van der Waals surface area contributed by atoms with Crippen molar-refractivity contribution in [2.75, 3.05) is 12.4 Å². The topological polar surface area (TPSA) is 102 Å². The number of amides is 1. The third-order valence-electron chi connectivity index (χ3n) is 4.19. The van der Waals surface area contributed by atoms with E-state index in [4.69, 9.17) is 4.74 Å². The van der Waals surface area contributed by atoms with Gasteiger partial charge in [0.15, 0.2) is 0 Å². The Morgan fingerprint density at radius 2 is 1.89 bits per heavy atom. The first-order valence-corrected chi connectivity index (χ1v) is 8.59. The third kappa shape index (κ3) is 3.61. The van der Waals surface area contributed by atoms with E-state index < -0.39 is 5.91 Å². The largest absolute Gasteiger partial charge is 0.497 e. The molecule has 0 saturated heterocycles. The van der Waals surface area contributed by atoms with Crippen molar-refractivity contribution in [3.63, 3.8) is 0 Å². The standard InChI is InChI=1S/C20H17N5O3/c1-28-14-8-6-13(7-9-14)15-10-11-19(27)25(24-15)12-18(26)23-20-21-16-4-2-3-5-17(16)22-20/h2-11H,12H2,1H3,(H2,21,22,23,26). The van der Waals surface area contributed by atoms with E-state index in [2.05, 4.69) is 20.4 Å². The first-order chi connectivity index (χ1) is 13.6. The molecule has 28 heavy (non-hydrogen) atoms. The molecule has 0 atom stereocenters. The average molecular weight is 375 g/mol. The molecular weight excluding hydrogens is 358 g/mol. The molecule has 2 aromatic carbocycles. The molecule has 0 saturated carbocycles. The highest BCUT2D eigenvalue weighted by Gasteiger charge is 2.10. The molecule has 2 aromatic heterocycles. The number of carbonyl (C=O) groups excluding carboxylic acids is 1. The van der Waals surface area contributed by atoms with Crippen molar-refractivity contribution in [1.29, 1.82) is 0 Å². The Labute approximate surface area is 159 Å². The minimum absolute atomic E-state index is 0.222. The fraction of sp³-hybridized carbons (Fsp3) is 0.100. The molecule has 0 aliphatic rings. The summed E-state index contributed by atoms with van der Waals surface area (Å²) in [7, 11) is 1.59. The molecule has 4 rings (SSSR count). The summed E-state index contributed by atoms with van der Waals surface area (Å²) in [4.78, 5) is 31.8. The first kappa shape index (κ1) is 17.5. The molecule has 2 N–H and O–H groups in total. The first-order valence-electron chi connectivity index (χ1n) is 8.59. The number of methoxy groups -OCH3 is 1. The zero-order chi connectivity index (χ0) is 19.5. The number of aromatic nitrogens is 4. The van der Waals surface area contributed by atoms with Crippen molar-refractivity contribution in [2.24, 2.45) is 0 Å². The van der Waals surface area contributed by atoms with Gasteiger partial charge in [-0.2, -0.15) is 5.10 Å². The second-order valence-electron chi connectivity index (χ2n) is 6.09. The Kier molecular flexibility index (Phi) is 4.59. The van der Waals surface area contributed by atoms with Crippen LogP contribution >= 0.6 is 0 Å². The highest BCUT2D eigenvalue weighted by Crippen LogP contribution is 2.19. The van der Waals surface area contributed by atoms with Gasteiger partial charge in [0.2, 0.25) is 11.9 Å². The molecule has 0 fully saturated rings. The number of nitrogens with zero attached hydrogens (tertiary/aromatic N) is 3. The van der Waals surface area contributed by atoms with E-state index in [1.807, 2.05) is 36.4 Å². The van der Waals surface area contributed by atoms with Crippen LogP contribution in [0.3, 0.4) is 0 Å². The number of ether oxygens (including phenoxy) is 1. The van der Waals surface area contributed by atoms with Crippen LogP contribution in [0.4, 0.5) is 5.95 Å². The van der Waals surface area contributed by atoms with Gasteiger partial charge in [0.05, 0.1) is 23.8 Å². The quantitative estimate of drug-likeness (QED) is 0.558. The van der Waals surface area contributed by atoms with Crippen LogP contribution in [0.15, 0.2) is 65.5 Å². The lowest BCUT2D eigenvalue weighted by atomic mass is 10.1. The number of benzene rings is 2. The molecule has 0 bridgehead atoms. The lowest BCUT2D eigenvalue weighted by molar-refractivity contribution is -0.117. The second kappa shape index (κ2) is 7.36. The molecule has 1 amide bonds. The highest BCUT2D eigenvalue weighted by atomic mass is 16.5. The molecule has 8 heteroatoms. The summed E-state index contributed by atoms with van der Waals surface area (Å²) in [5.41, 5.74) is 2.59. The van der Waals surface area contributed by atoms with E-state index in [9.17, 15) is 9.59 Å². The zero-order valence-electron chi connectivity index (χ0n) is 15.0. The van der Waals surface area contributed by atoms with Crippen LogP contribution in [0.5, 0.6) is 5.75 Å². The van der Waals surface area contributed by atoms with Crippen LogP contribution in [0.2, 0.25) is 0 Å². The van der Waals surface area contributed by atoms with Crippen LogP contribution in [-0.2, 0) is 11.3 Å². The summed E-state index contributed by atoms with van der Waals surface area (Å²) in [6.07, 6.45) is 0. The van der Waals surface area contributed by atoms with Crippen LogP contribution in [0.25, 0.3) is 22.3 Å². The monoisotopic (exact) mass is 375 g/mol. The number of rotatable bonds is 5. The zero-order valence-corrected chi connectivity index (χ0v) is 15.0. The van der Waals surface area contributed by atoms with E-state index in [-0.39, 0.29) is 12.1 Å². The Balaban J connectivity index is 1.53. The number of anilines is 1. The van der Waals surface area contributed by atoms with Gasteiger partial charge in [0.1, 0.15) is 12.3 Å². The summed E-state index contributed by atoms with van der Waals surface area (Å²) in [6, 6.07) is 17.7. The molecule has 4 aromatic rings. The fourth-order valence-corrected chi connectivity index (χ4v) is 2.80. The van der Waals surface area contributed by atoms with E-state index in [0.29, 0.717) is 11.6 Å². The minimum atomic E-state index is -0.402. The fourth-order valence-electron chi connectivity index (χ4n) is 2.80. The van der Waals surface area contributed by atoms with Crippen molar-refractivity contribution < 1.29 is 9.53 Å². The lowest BCUT2D eigenvalue weighted by Crippen LogP contribution is -2.29. The number of H-pyrrole nitrogens is 1.